The van der Waals surface area contributed by atoms with Crippen LogP contribution in [0.1, 0.15) is 33.7 Å². The summed E-state index contributed by atoms with van der Waals surface area (Å²) in [5.41, 5.74) is 11.5. The molecule has 0 spiro atoms. The second-order valence-electron chi connectivity index (χ2n) is 9.42. The number of fused-ring (bicyclic) bond motifs is 3. The molecule has 0 radical (unpaired) electrons. The minimum absolute atomic E-state index is 0.0611. The number of alkyl carbamates (subject to hydrolysis) is 1. The number of carbonyl (C=O) groups excluding carboxylic acids is 1. The fourth-order valence-electron chi connectivity index (χ4n) is 4.12. The summed E-state index contributed by atoms with van der Waals surface area (Å²) in [4.78, 5) is 12.6. The molecule has 0 bridgehead atoms. The Kier molecular flexibility index (Phi) is 6.96. The maximum Gasteiger partial charge on any atom is 0.407 e. The van der Waals surface area contributed by atoms with E-state index in [1.54, 1.807) is 0 Å². The number of nitrogens with one attached hydrogen (secondary N) is 1. The second kappa shape index (κ2) is 9.74. The first-order valence-corrected chi connectivity index (χ1v) is 15.7. The Hall–Kier alpha value is -2.56. The van der Waals surface area contributed by atoms with E-state index in [-0.39, 0.29) is 5.92 Å². The fourth-order valence-corrected chi connectivity index (χ4v) is 5.32. The summed E-state index contributed by atoms with van der Waals surface area (Å²) in [7, 11) is -1.46. The molecule has 0 heterocycles. The van der Waals surface area contributed by atoms with Crippen molar-refractivity contribution in [3.63, 3.8) is 0 Å². The molecule has 0 atom stereocenters. The average molecular weight is 566 g/mol. The van der Waals surface area contributed by atoms with Gasteiger partial charge in [-0.2, -0.15) is 0 Å². The van der Waals surface area contributed by atoms with Gasteiger partial charge in [0.15, 0.2) is 0 Å². The molecule has 0 aliphatic heterocycles. The van der Waals surface area contributed by atoms with E-state index in [1.807, 2.05) is 12.1 Å². The molecule has 3 aromatic carbocycles. The molecular weight excluding hydrogens is 537 g/mol. The molecule has 0 fully saturated rings. The lowest BCUT2D eigenvalue weighted by Gasteiger charge is -2.15. The van der Waals surface area contributed by atoms with Gasteiger partial charge in [0.1, 0.15) is 14.7 Å². The molecule has 3 aromatic rings. The molecule has 5 heteroatoms. The van der Waals surface area contributed by atoms with Crippen molar-refractivity contribution in [3.8, 4) is 22.6 Å². The Morgan fingerprint density at radius 1 is 1.03 bits per heavy atom. The molecule has 0 aromatic heterocycles. The van der Waals surface area contributed by atoms with Gasteiger partial charge in [0.05, 0.1) is 0 Å². The highest BCUT2D eigenvalue weighted by atomic mass is 127. The largest absolute Gasteiger partial charge is 0.449 e. The predicted molar refractivity (Wildman–Crippen MR) is 146 cm³/mol. The van der Waals surface area contributed by atoms with Gasteiger partial charge in [0.25, 0.3) is 0 Å². The lowest BCUT2D eigenvalue weighted by molar-refractivity contribution is 0.142. The molecule has 0 saturated carbocycles. The highest BCUT2D eigenvalue weighted by molar-refractivity contribution is 14.1. The lowest BCUT2D eigenvalue weighted by Crippen LogP contribution is -2.26. The second-order valence-corrected chi connectivity index (χ2v) is 15.4. The van der Waals surface area contributed by atoms with Crippen LogP contribution in [-0.4, -0.2) is 20.8 Å². The van der Waals surface area contributed by atoms with Crippen LogP contribution in [0.4, 0.5) is 4.79 Å². The molecular formula is C28H28INO2Si. The Morgan fingerprint density at radius 3 is 2.24 bits per heavy atom. The van der Waals surface area contributed by atoms with Crippen LogP contribution >= 0.6 is 22.6 Å². The first kappa shape index (κ1) is 23.6. The summed E-state index contributed by atoms with van der Waals surface area (Å²) in [6.07, 6.45) is -0.398. The third kappa shape index (κ3) is 5.51. The van der Waals surface area contributed by atoms with Gasteiger partial charge in [0.2, 0.25) is 0 Å². The summed E-state index contributed by atoms with van der Waals surface area (Å²) in [6, 6.07) is 20.9. The van der Waals surface area contributed by atoms with Crippen molar-refractivity contribution in [2.45, 2.75) is 39.0 Å². The zero-order chi connectivity index (χ0) is 23.6. The number of ether oxygens (including phenoxy) is 1. The van der Waals surface area contributed by atoms with E-state index < -0.39 is 14.2 Å². The van der Waals surface area contributed by atoms with E-state index >= 15 is 0 Å². The predicted octanol–water partition coefficient (Wildman–Crippen LogP) is 6.87. The molecule has 1 amide bonds. The van der Waals surface area contributed by atoms with E-state index in [0.717, 1.165) is 20.3 Å². The molecule has 33 heavy (non-hydrogen) atoms. The molecule has 1 aliphatic carbocycles. The highest BCUT2D eigenvalue weighted by Gasteiger charge is 2.29. The standard InChI is InChI=1S/C28H28INO2Si/c1-19-20(13-14-33(2,3)4)15-22(29)16-21(19)17-30-28(31)32-18-27-25-11-7-5-9-23(25)24-10-6-8-12-26(24)27/h5-12,15-16,27H,17-18H2,1-4H3,(H,30,31). The van der Waals surface area contributed by atoms with Gasteiger partial charge >= 0.3 is 6.09 Å². The first-order valence-electron chi connectivity index (χ1n) is 11.1. The lowest BCUT2D eigenvalue weighted by atomic mass is 9.98. The smallest absolute Gasteiger partial charge is 0.407 e. The number of amides is 1. The van der Waals surface area contributed by atoms with Gasteiger partial charge in [-0.3, -0.25) is 0 Å². The van der Waals surface area contributed by atoms with E-state index in [2.05, 4.69) is 114 Å². The third-order valence-electron chi connectivity index (χ3n) is 5.82. The first-order chi connectivity index (χ1) is 15.7. The number of hydrogen-bond donors (Lipinski definition) is 1. The van der Waals surface area contributed by atoms with Gasteiger partial charge in [-0.05, 0) is 75.0 Å². The molecule has 3 nitrogen and oxygen atoms in total. The molecule has 0 saturated heterocycles. The van der Waals surface area contributed by atoms with E-state index in [1.165, 1.54) is 22.3 Å². The van der Waals surface area contributed by atoms with Gasteiger partial charge in [0, 0.05) is 21.6 Å². The zero-order valence-corrected chi connectivity index (χ0v) is 22.6. The van der Waals surface area contributed by atoms with Crippen molar-refractivity contribution in [3.05, 3.63) is 92.1 Å². The van der Waals surface area contributed by atoms with Crippen LogP contribution in [0, 0.1) is 22.0 Å². The Bertz CT molecular complexity index is 1220. The van der Waals surface area contributed by atoms with Gasteiger partial charge in [-0.25, -0.2) is 4.79 Å². The van der Waals surface area contributed by atoms with Crippen LogP contribution in [0.2, 0.25) is 19.6 Å². The molecule has 4 rings (SSSR count). The van der Waals surface area contributed by atoms with Crippen molar-refractivity contribution in [1.29, 1.82) is 0 Å². The molecule has 1 aliphatic rings. The maximum atomic E-state index is 12.6. The Balaban J connectivity index is 1.43. The quantitative estimate of drug-likeness (QED) is 0.213. The third-order valence-corrected chi connectivity index (χ3v) is 7.32. The van der Waals surface area contributed by atoms with Crippen LogP contribution in [0.15, 0.2) is 60.7 Å². The van der Waals surface area contributed by atoms with Crippen LogP contribution in [-0.2, 0) is 11.3 Å². The highest BCUT2D eigenvalue weighted by Crippen LogP contribution is 2.44. The van der Waals surface area contributed by atoms with Crippen LogP contribution in [0.25, 0.3) is 11.1 Å². The molecule has 168 valence electrons. The summed E-state index contributed by atoms with van der Waals surface area (Å²) >= 11 is 2.31. The Morgan fingerprint density at radius 2 is 1.64 bits per heavy atom. The summed E-state index contributed by atoms with van der Waals surface area (Å²) < 4.78 is 6.79. The normalized spacial score (nSPS) is 12.4. The summed E-state index contributed by atoms with van der Waals surface area (Å²) in [6.45, 7) is 9.52. The minimum atomic E-state index is -1.46. The van der Waals surface area contributed by atoms with Crippen molar-refractivity contribution in [1.82, 2.24) is 5.32 Å². The Labute approximate surface area is 211 Å². The number of carbonyl (C=O) groups is 1. The maximum absolute atomic E-state index is 12.6. The van der Waals surface area contributed by atoms with Gasteiger partial charge < -0.3 is 10.1 Å². The van der Waals surface area contributed by atoms with Crippen molar-refractivity contribution < 1.29 is 9.53 Å². The monoisotopic (exact) mass is 565 g/mol. The fraction of sp³-hybridized carbons (Fsp3) is 0.250. The van der Waals surface area contributed by atoms with Crippen molar-refractivity contribution in [2.24, 2.45) is 0 Å². The molecule has 0 unspecified atom stereocenters. The van der Waals surface area contributed by atoms with Gasteiger partial charge in [-0.15, -0.1) is 5.54 Å². The number of benzene rings is 3. The average Bonchev–Trinajstić information content (AvgIpc) is 3.10. The number of hydrogen-bond acceptors (Lipinski definition) is 2. The van der Waals surface area contributed by atoms with Crippen molar-refractivity contribution in [2.75, 3.05) is 6.61 Å². The molecule has 1 N–H and O–H groups in total. The number of halogens is 1. The van der Waals surface area contributed by atoms with Crippen LogP contribution < -0.4 is 5.32 Å². The topological polar surface area (TPSA) is 38.3 Å². The number of rotatable bonds is 4. The van der Waals surface area contributed by atoms with Crippen LogP contribution in [0.5, 0.6) is 0 Å². The minimum Gasteiger partial charge on any atom is -0.449 e. The SMILES string of the molecule is Cc1c(C#C[Si](C)(C)C)cc(I)cc1CNC(=O)OCC1c2ccccc2-c2ccccc21. The van der Waals surface area contributed by atoms with Gasteiger partial charge in [-0.1, -0.05) is 74.1 Å². The zero-order valence-electron chi connectivity index (χ0n) is 19.5. The summed E-state index contributed by atoms with van der Waals surface area (Å²) in [5, 5.41) is 2.93. The summed E-state index contributed by atoms with van der Waals surface area (Å²) in [5.74, 6) is 3.43. The van der Waals surface area contributed by atoms with E-state index in [9.17, 15) is 4.79 Å². The van der Waals surface area contributed by atoms with E-state index in [4.69, 9.17) is 4.74 Å². The van der Waals surface area contributed by atoms with E-state index in [0.29, 0.717) is 13.2 Å². The van der Waals surface area contributed by atoms with Crippen molar-refractivity contribution >= 4 is 36.8 Å². The van der Waals surface area contributed by atoms with Crippen LogP contribution in [0.3, 0.4) is 0 Å².